The van der Waals surface area contributed by atoms with Gasteiger partial charge in [-0.05, 0) is 13.0 Å². The van der Waals surface area contributed by atoms with E-state index in [4.69, 9.17) is 29.8 Å². The summed E-state index contributed by atoms with van der Waals surface area (Å²) in [7, 11) is 0. The fourth-order valence-corrected chi connectivity index (χ4v) is 5.96. The molecular weight excluding hydrogens is 714 g/mol. The number of allylic oxidation sites excluding steroid dienone is 6. The molecule has 54 heavy (non-hydrogen) atoms. The Balaban J connectivity index is 1.96. The zero-order valence-electron chi connectivity index (χ0n) is 30.2. The third-order valence-electron chi connectivity index (χ3n) is 9.19. The third-order valence-corrected chi connectivity index (χ3v) is 9.19. The number of urea groups is 1. The number of hydrogen-bond acceptors (Lipinski definition) is 15. The summed E-state index contributed by atoms with van der Waals surface area (Å²) < 4.78 is 23.0. The quantitative estimate of drug-likeness (QED) is 0.135. The molecule has 2 fully saturated rings. The molecular formula is C36H55N3O15. The van der Waals surface area contributed by atoms with Gasteiger partial charge in [-0.1, -0.05) is 55.5 Å². The predicted molar refractivity (Wildman–Crippen MR) is 190 cm³/mol. The summed E-state index contributed by atoms with van der Waals surface area (Å²) in [6.07, 6.45) is 0.285. The third kappa shape index (κ3) is 14.6. The van der Waals surface area contributed by atoms with E-state index < -0.39 is 116 Å². The van der Waals surface area contributed by atoms with Crippen LogP contribution in [0.3, 0.4) is 0 Å². The van der Waals surface area contributed by atoms with E-state index in [0.717, 1.165) is 12.2 Å². The maximum absolute atomic E-state index is 12.8. The van der Waals surface area contributed by atoms with Crippen LogP contribution in [0, 0.1) is 5.92 Å². The molecule has 2 amide bonds. The Bertz CT molecular complexity index is 1370. The number of ether oxygens (including phenoxy) is 4. The van der Waals surface area contributed by atoms with Crippen molar-refractivity contribution in [3.63, 3.8) is 0 Å². The number of hydrogen-bond donors (Lipinski definition) is 11. The normalized spacial score (nSPS) is 41.9. The molecule has 3 aliphatic heterocycles. The molecule has 3 heterocycles. The van der Waals surface area contributed by atoms with Crippen LogP contribution in [0.4, 0.5) is 4.79 Å². The molecule has 0 spiro atoms. The number of aliphatic hydroxyl groups is 7. The van der Waals surface area contributed by atoms with Crippen LogP contribution in [0.2, 0.25) is 0 Å². The molecule has 0 aromatic rings. The summed E-state index contributed by atoms with van der Waals surface area (Å²) in [5.41, 5.74) is 5.93. The van der Waals surface area contributed by atoms with Crippen LogP contribution < -0.4 is 16.4 Å². The molecule has 18 heteroatoms. The van der Waals surface area contributed by atoms with Gasteiger partial charge >= 0.3 is 18.0 Å². The minimum absolute atomic E-state index is 0.184. The second-order valence-corrected chi connectivity index (χ2v) is 13.7. The predicted octanol–water partition coefficient (Wildman–Crippen LogP) is -1.63. The standard InChI is InChI=1S/C36H55N3O15/c1-20-9-7-5-3-4-6-8-10-23(53-34-33(48)31(37)27(44)19-51-34)16-28-32(39-35(49)38-14-13-29(45)46)26(43)18-36(50,54-28)17-22(40)15-25(42)24(41)11-12-30(47)52-21(20)2/h3-12,20-28,31-34,40-44,48,50H,13-19,37H2,1-2H3,(H,45,46)(H2,38,39,49)/b5-3+,6-4+,9-7+,10-8+,12-11+/t20-,21+,22?,23?,24?,25+,26-,27+,28-,31-,32+,33-,34?,36+/m0/s1. The number of nitrogens with two attached hydrogens (primary N) is 1. The van der Waals surface area contributed by atoms with E-state index in [1.54, 1.807) is 49.5 Å². The van der Waals surface area contributed by atoms with E-state index in [1.165, 1.54) is 0 Å². The van der Waals surface area contributed by atoms with Gasteiger partial charge in [0.1, 0.15) is 12.2 Å². The van der Waals surface area contributed by atoms with Crippen LogP contribution in [0.25, 0.3) is 0 Å². The van der Waals surface area contributed by atoms with Crippen molar-refractivity contribution in [2.24, 2.45) is 11.7 Å². The molecule has 304 valence electrons. The van der Waals surface area contributed by atoms with E-state index in [9.17, 15) is 50.1 Å². The van der Waals surface area contributed by atoms with Crippen LogP contribution in [0.1, 0.15) is 46.0 Å². The molecule has 3 rings (SSSR count). The van der Waals surface area contributed by atoms with Gasteiger partial charge in [0.25, 0.3) is 0 Å². The van der Waals surface area contributed by atoms with Crippen molar-refractivity contribution in [2.45, 2.75) is 125 Å². The van der Waals surface area contributed by atoms with E-state index >= 15 is 0 Å². The van der Waals surface area contributed by atoms with Crippen LogP contribution >= 0.6 is 0 Å². The maximum atomic E-state index is 12.8. The molecule has 18 nitrogen and oxygen atoms in total. The number of rotatable bonds is 6. The average Bonchev–Trinajstić information content (AvgIpc) is 3.08. The van der Waals surface area contributed by atoms with E-state index in [2.05, 4.69) is 10.6 Å². The fourth-order valence-electron chi connectivity index (χ4n) is 5.96. The first-order valence-electron chi connectivity index (χ1n) is 17.8. The Hall–Kier alpha value is -3.53. The van der Waals surface area contributed by atoms with Gasteiger partial charge in [0, 0.05) is 44.2 Å². The Morgan fingerprint density at radius 1 is 0.926 bits per heavy atom. The highest BCUT2D eigenvalue weighted by Gasteiger charge is 2.48. The second-order valence-electron chi connectivity index (χ2n) is 13.7. The van der Waals surface area contributed by atoms with Crippen molar-refractivity contribution in [1.29, 1.82) is 0 Å². The molecule has 2 saturated heterocycles. The van der Waals surface area contributed by atoms with E-state index in [1.807, 2.05) is 13.0 Å². The van der Waals surface area contributed by atoms with Gasteiger partial charge in [-0.15, -0.1) is 0 Å². The molecule has 0 radical (unpaired) electrons. The Labute approximate surface area is 313 Å². The van der Waals surface area contributed by atoms with E-state index in [0.29, 0.717) is 0 Å². The van der Waals surface area contributed by atoms with Crippen molar-refractivity contribution < 1.29 is 74.2 Å². The molecule has 0 aromatic carbocycles. The first kappa shape index (κ1) is 44.9. The van der Waals surface area contributed by atoms with Crippen LogP contribution in [0.5, 0.6) is 0 Å². The summed E-state index contributed by atoms with van der Waals surface area (Å²) in [4.78, 5) is 36.0. The number of carbonyl (C=O) groups is 3. The zero-order valence-corrected chi connectivity index (χ0v) is 30.2. The highest BCUT2D eigenvalue weighted by molar-refractivity contribution is 5.82. The molecule has 4 unspecified atom stereocenters. The number of esters is 1. The van der Waals surface area contributed by atoms with Crippen molar-refractivity contribution in [3.05, 3.63) is 60.8 Å². The topological polar surface area (TPSA) is 300 Å². The zero-order chi connectivity index (χ0) is 40.0. The molecule has 0 aliphatic carbocycles. The largest absolute Gasteiger partial charge is 0.481 e. The highest BCUT2D eigenvalue weighted by Crippen LogP contribution is 2.35. The SMILES string of the molecule is C[C@H]1/C=C/C=C/C=C/C=C/C(OC2OC[C@@H](O)[C@H](N)[C@@H]2O)C[C@@H]2O[C@](O)(CC(O)C[C@@H](O)C(O)/C=C/C(=O)O[C@@H]1C)C[C@H](O)[C@H]2NC(=O)NCCC(=O)O. The smallest absolute Gasteiger partial charge is 0.330 e. The number of carboxylic acids is 1. The first-order chi connectivity index (χ1) is 25.5. The summed E-state index contributed by atoms with van der Waals surface area (Å²) in [6.45, 7) is 3.06. The number of carboxylic acid groups (broad SMARTS) is 1. The Morgan fingerprint density at radius 3 is 2.28 bits per heavy atom. The lowest BCUT2D eigenvalue weighted by molar-refractivity contribution is -0.299. The number of fused-ring (bicyclic) bond motifs is 2. The number of aliphatic carboxylic acids is 1. The maximum Gasteiger partial charge on any atom is 0.330 e. The number of carbonyl (C=O) groups excluding carboxylic acids is 2. The lowest BCUT2D eigenvalue weighted by Gasteiger charge is -2.46. The number of amides is 2. The Morgan fingerprint density at radius 2 is 1.59 bits per heavy atom. The molecule has 12 N–H and O–H groups in total. The van der Waals surface area contributed by atoms with E-state index in [-0.39, 0.29) is 31.9 Å². The number of aliphatic hydroxyl groups excluding tert-OH is 6. The molecule has 0 aromatic heterocycles. The van der Waals surface area contributed by atoms with Crippen LogP contribution in [-0.2, 0) is 28.5 Å². The number of nitrogens with one attached hydrogen (secondary N) is 2. The van der Waals surface area contributed by atoms with Crippen molar-refractivity contribution >= 4 is 18.0 Å². The van der Waals surface area contributed by atoms with Gasteiger partial charge in [0.15, 0.2) is 12.1 Å². The molecule has 2 bridgehead atoms. The highest BCUT2D eigenvalue weighted by atomic mass is 16.7. The lowest BCUT2D eigenvalue weighted by Crippen LogP contribution is -2.63. The van der Waals surface area contributed by atoms with Gasteiger partial charge in [-0.25, -0.2) is 9.59 Å². The monoisotopic (exact) mass is 769 g/mol. The van der Waals surface area contributed by atoms with Crippen molar-refractivity contribution in [3.8, 4) is 0 Å². The van der Waals surface area contributed by atoms with Gasteiger partial charge in [-0.3, -0.25) is 4.79 Å². The number of cyclic esters (lactones) is 1. The summed E-state index contributed by atoms with van der Waals surface area (Å²) in [5.74, 6) is -4.35. The van der Waals surface area contributed by atoms with Gasteiger partial charge in [0.2, 0.25) is 0 Å². The van der Waals surface area contributed by atoms with Gasteiger partial charge in [-0.2, -0.15) is 0 Å². The Kier molecular flexibility index (Phi) is 17.9. The van der Waals surface area contributed by atoms with Crippen LogP contribution in [-0.4, -0.2) is 151 Å². The van der Waals surface area contributed by atoms with Crippen LogP contribution in [0.15, 0.2) is 60.8 Å². The van der Waals surface area contributed by atoms with Crippen molar-refractivity contribution in [2.75, 3.05) is 13.2 Å². The minimum Gasteiger partial charge on any atom is -0.481 e. The summed E-state index contributed by atoms with van der Waals surface area (Å²) >= 11 is 0. The minimum atomic E-state index is -2.26. The molecule has 3 aliphatic rings. The summed E-state index contributed by atoms with van der Waals surface area (Å²) in [5, 5.41) is 89.3. The fraction of sp³-hybridized carbons (Fsp3) is 0.639. The first-order valence-corrected chi connectivity index (χ1v) is 17.8. The summed E-state index contributed by atoms with van der Waals surface area (Å²) in [6, 6.07) is -3.19. The van der Waals surface area contributed by atoms with Gasteiger partial charge < -0.3 is 76.2 Å². The second kappa shape index (κ2) is 21.5. The molecule has 14 atom stereocenters. The average molecular weight is 770 g/mol. The molecule has 0 saturated carbocycles. The van der Waals surface area contributed by atoms with Crippen molar-refractivity contribution in [1.82, 2.24) is 10.6 Å². The lowest BCUT2D eigenvalue weighted by atomic mass is 9.87. The van der Waals surface area contributed by atoms with Gasteiger partial charge in [0.05, 0.1) is 67.8 Å².